The van der Waals surface area contributed by atoms with Crippen molar-refractivity contribution in [2.75, 3.05) is 33.4 Å². The molecule has 23 heavy (non-hydrogen) atoms. The average molecular weight is 322 g/mol. The fraction of sp³-hybridized carbons (Fsp3) is 0.588. The maximum atomic E-state index is 11.8. The van der Waals surface area contributed by atoms with E-state index < -0.39 is 6.10 Å². The Morgan fingerprint density at radius 3 is 2.70 bits per heavy atom. The summed E-state index contributed by atoms with van der Waals surface area (Å²) in [5.41, 5.74) is 0.976. The van der Waals surface area contributed by atoms with Crippen molar-refractivity contribution in [1.29, 1.82) is 0 Å². The summed E-state index contributed by atoms with van der Waals surface area (Å²) in [6.07, 6.45) is 0.896. The Balaban J connectivity index is 1.63. The number of alkyl carbamates (subject to hydrolysis) is 1. The van der Waals surface area contributed by atoms with Crippen molar-refractivity contribution in [3.05, 3.63) is 35.9 Å². The summed E-state index contributed by atoms with van der Waals surface area (Å²) in [6.45, 7) is 2.95. The Kier molecular flexibility index (Phi) is 7.32. The summed E-state index contributed by atoms with van der Waals surface area (Å²) in [5.74, 6) is 0. The van der Waals surface area contributed by atoms with Crippen LogP contribution >= 0.6 is 0 Å². The van der Waals surface area contributed by atoms with Gasteiger partial charge in [0.25, 0.3) is 0 Å². The van der Waals surface area contributed by atoms with E-state index in [2.05, 4.69) is 10.2 Å². The third-order valence-electron chi connectivity index (χ3n) is 3.95. The van der Waals surface area contributed by atoms with Crippen LogP contribution in [0.1, 0.15) is 18.4 Å². The maximum absolute atomic E-state index is 11.8. The van der Waals surface area contributed by atoms with Crippen LogP contribution in [0.3, 0.4) is 0 Å². The van der Waals surface area contributed by atoms with Gasteiger partial charge in [-0.15, -0.1) is 0 Å². The molecule has 0 aliphatic carbocycles. The lowest BCUT2D eigenvalue weighted by atomic mass is 10.0. The summed E-state index contributed by atoms with van der Waals surface area (Å²) >= 11 is 0. The first-order chi connectivity index (χ1) is 11.2. The number of amides is 1. The van der Waals surface area contributed by atoms with Crippen LogP contribution in [0.2, 0.25) is 0 Å². The number of carbonyl (C=O) groups excluding carboxylic acids is 1. The van der Waals surface area contributed by atoms with Gasteiger partial charge in [0.1, 0.15) is 6.61 Å². The minimum atomic E-state index is -0.458. The number of β-amino-alcohol motifs (C(OH)–C–C–N with tert-alkyl or cyclic N) is 1. The number of hydrogen-bond donors (Lipinski definition) is 2. The molecule has 1 amide bonds. The molecule has 0 saturated carbocycles. The van der Waals surface area contributed by atoms with E-state index in [1.807, 2.05) is 30.3 Å². The van der Waals surface area contributed by atoms with Crippen LogP contribution in [0, 0.1) is 0 Å². The number of benzene rings is 1. The minimum Gasteiger partial charge on any atom is -0.445 e. The van der Waals surface area contributed by atoms with Crippen LogP contribution in [0.5, 0.6) is 0 Å². The highest BCUT2D eigenvalue weighted by Crippen LogP contribution is 2.11. The molecule has 1 aromatic carbocycles. The third kappa shape index (κ3) is 6.56. The van der Waals surface area contributed by atoms with Gasteiger partial charge in [-0.2, -0.15) is 0 Å². The van der Waals surface area contributed by atoms with Gasteiger partial charge in [0.15, 0.2) is 0 Å². The van der Waals surface area contributed by atoms with E-state index in [0.717, 1.165) is 31.5 Å². The van der Waals surface area contributed by atoms with E-state index in [1.54, 1.807) is 7.11 Å². The number of ether oxygens (including phenoxy) is 2. The van der Waals surface area contributed by atoms with Gasteiger partial charge in [0.2, 0.25) is 0 Å². The second kappa shape index (κ2) is 9.50. The number of aliphatic hydroxyl groups excluding tert-OH is 1. The number of nitrogens with zero attached hydrogens (tertiary/aromatic N) is 1. The number of piperidine rings is 1. The van der Waals surface area contributed by atoms with Gasteiger partial charge < -0.3 is 24.8 Å². The molecule has 6 nitrogen and oxygen atoms in total. The lowest BCUT2D eigenvalue weighted by molar-refractivity contribution is 0.0308. The highest BCUT2D eigenvalue weighted by atomic mass is 16.5. The molecule has 0 radical (unpaired) electrons. The molecule has 0 bridgehead atoms. The topological polar surface area (TPSA) is 71.0 Å². The minimum absolute atomic E-state index is 0.133. The standard InChI is InChI=1S/C17H26N2O4/c1-22-13-16(20)11-19-9-7-15(8-10-19)18-17(21)23-12-14-5-3-2-4-6-14/h2-6,15-16,20H,7-13H2,1H3,(H,18,21)/t16-/m0/s1. The predicted molar refractivity (Wildman–Crippen MR) is 87.1 cm³/mol. The molecule has 128 valence electrons. The van der Waals surface area contributed by atoms with Gasteiger partial charge in [0, 0.05) is 32.8 Å². The van der Waals surface area contributed by atoms with Crippen molar-refractivity contribution in [3.63, 3.8) is 0 Å². The molecule has 1 atom stereocenters. The zero-order chi connectivity index (χ0) is 16.5. The summed E-state index contributed by atoms with van der Waals surface area (Å²) < 4.78 is 10.2. The maximum Gasteiger partial charge on any atom is 0.407 e. The number of hydrogen-bond acceptors (Lipinski definition) is 5. The lowest BCUT2D eigenvalue weighted by Crippen LogP contribution is -2.47. The Labute approximate surface area is 137 Å². The highest BCUT2D eigenvalue weighted by Gasteiger charge is 2.22. The van der Waals surface area contributed by atoms with Gasteiger partial charge in [-0.05, 0) is 18.4 Å². The number of nitrogens with one attached hydrogen (secondary N) is 1. The lowest BCUT2D eigenvalue weighted by Gasteiger charge is -2.33. The number of methoxy groups -OCH3 is 1. The van der Waals surface area contributed by atoms with Gasteiger partial charge in [-0.3, -0.25) is 0 Å². The van der Waals surface area contributed by atoms with E-state index in [1.165, 1.54) is 0 Å². The highest BCUT2D eigenvalue weighted by molar-refractivity contribution is 5.67. The molecule has 1 aromatic rings. The number of aliphatic hydroxyl groups is 1. The molecule has 1 saturated heterocycles. The molecule has 1 aliphatic heterocycles. The molecule has 1 heterocycles. The Bertz CT molecular complexity index is 461. The van der Waals surface area contributed by atoms with Crippen molar-refractivity contribution in [1.82, 2.24) is 10.2 Å². The van der Waals surface area contributed by atoms with Gasteiger partial charge in [0.05, 0.1) is 12.7 Å². The smallest absolute Gasteiger partial charge is 0.407 e. The first-order valence-electron chi connectivity index (χ1n) is 8.04. The summed E-state index contributed by atoms with van der Waals surface area (Å²) in [4.78, 5) is 14.0. The first kappa shape index (κ1) is 17.7. The molecule has 1 fully saturated rings. The van der Waals surface area contributed by atoms with E-state index in [9.17, 15) is 9.90 Å². The van der Waals surface area contributed by atoms with Gasteiger partial charge in [-0.25, -0.2) is 4.79 Å². The fourth-order valence-electron chi connectivity index (χ4n) is 2.73. The monoisotopic (exact) mass is 322 g/mol. The van der Waals surface area contributed by atoms with Crippen LogP contribution in [0.4, 0.5) is 4.79 Å². The predicted octanol–water partition coefficient (Wildman–Crippen LogP) is 1.38. The second-order valence-electron chi connectivity index (χ2n) is 5.89. The summed E-state index contributed by atoms with van der Waals surface area (Å²) in [7, 11) is 1.58. The van der Waals surface area contributed by atoms with Gasteiger partial charge >= 0.3 is 6.09 Å². The average Bonchev–Trinajstić information content (AvgIpc) is 2.56. The Morgan fingerprint density at radius 2 is 2.04 bits per heavy atom. The Hall–Kier alpha value is -1.63. The first-order valence-corrected chi connectivity index (χ1v) is 8.04. The number of likely N-dealkylation sites (tertiary alicyclic amines) is 1. The fourth-order valence-corrected chi connectivity index (χ4v) is 2.73. The molecule has 2 rings (SSSR count). The van der Waals surface area contributed by atoms with E-state index in [-0.39, 0.29) is 18.7 Å². The molecular formula is C17H26N2O4. The van der Waals surface area contributed by atoms with Gasteiger partial charge in [-0.1, -0.05) is 30.3 Å². The molecule has 0 spiro atoms. The number of carbonyl (C=O) groups is 1. The third-order valence-corrected chi connectivity index (χ3v) is 3.95. The zero-order valence-corrected chi connectivity index (χ0v) is 13.6. The van der Waals surface area contributed by atoms with E-state index in [4.69, 9.17) is 9.47 Å². The zero-order valence-electron chi connectivity index (χ0n) is 13.6. The van der Waals surface area contributed by atoms with Crippen molar-refractivity contribution in [3.8, 4) is 0 Å². The van der Waals surface area contributed by atoms with Crippen molar-refractivity contribution in [2.24, 2.45) is 0 Å². The van der Waals surface area contributed by atoms with Crippen LogP contribution in [0.25, 0.3) is 0 Å². The molecule has 0 aromatic heterocycles. The second-order valence-corrected chi connectivity index (χ2v) is 5.89. The summed E-state index contributed by atoms with van der Waals surface area (Å²) in [5, 5.41) is 12.6. The summed E-state index contributed by atoms with van der Waals surface area (Å²) in [6, 6.07) is 9.76. The quantitative estimate of drug-likeness (QED) is 0.794. The van der Waals surface area contributed by atoms with E-state index in [0.29, 0.717) is 13.2 Å². The van der Waals surface area contributed by atoms with Crippen LogP contribution in [0.15, 0.2) is 30.3 Å². The molecule has 6 heteroatoms. The molecule has 0 unspecified atom stereocenters. The van der Waals surface area contributed by atoms with E-state index >= 15 is 0 Å². The van der Waals surface area contributed by atoms with Crippen molar-refractivity contribution < 1.29 is 19.4 Å². The Morgan fingerprint density at radius 1 is 1.35 bits per heavy atom. The molecule has 2 N–H and O–H groups in total. The SMILES string of the molecule is COC[C@@H](O)CN1CCC(NC(=O)OCc2ccccc2)CC1. The normalized spacial score (nSPS) is 17.7. The number of rotatable bonds is 7. The molecule has 1 aliphatic rings. The van der Waals surface area contributed by atoms with Crippen LogP contribution in [-0.2, 0) is 16.1 Å². The van der Waals surface area contributed by atoms with Crippen molar-refractivity contribution >= 4 is 6.09 Å². The largest absolute Gasteiger partial charge is 0.445 e. The van der Waals surface area contributed by atoms with Crippen LogP contribution in [-0.4, -0.2) is 61.6 Å². The van der Waals surface area contributed by atoms with Crippen molar-refractivity contribution in [2.45, 2.75) is 31.6 Å². The van der Waals surface area contributed by atoms with Crippen LogP contribution < -0.4 is 5.32 Å². The molecular weight excluding hydrogens is 296 g/mol.